The Bertz CT molecular complexity index is 667. The van der Waals surface area contributed by atoms with E-state index in [-0.39, 0.29) is 5.76 Å². The number of furan rings is 1. The average molecular weight is 250 g/mol. The van der Waals surface area contributed by atoms with Crippen molar-refractivity contribution < 1.29 is 23.3 Å². The summed E-state index contributed by atoms with van der Waals surface area (Å²) in [5.41, 5.74) is 0.510. The zero-order valence-electron chi connectivity index (χ0n) is 8.80. The number of hydrogen-bond donors (Lipinski definition) is 0. The molecule has 0 saturated carbocycles. The summed E-state index contributed by atoms with van der Waals surface area (Å²) in [6, 6.07) is 6.70. The Labute approximate surface area is 97.4 Å². The number of benzene rings is 1. The first kappa shape index (κ1) is 11.5. The summed E-state index contributed by atoms with van der Waals surface area (Å²) in [5.74, 6) is 1.79. The van der Waals surface area contributed by atoms with Crippen molar-refractivity contribution in [1.82, 2.24) is 0 Å². The molecule has 5 nitrogen and oxygen atoms in total. The number of carbonyl (C=O) groups excluding carboxylic acids is 1. The average Bonchev–Trinajstić information content (AvgIpc) is 2.78. The van der Waals surface area contributed by atoms with Crippen molar-refractivity contribution in [2.24, 2.45) is 0 Å². The Morgan fingerprint density at radius 2 is 2.24 bits per heavy atom. The number of methoxy groups -OCH3 is 1. The first-order valence-corrected chi connectivity index (χ1v) is 5.42. The zero-order valence-corrected chi connectivity index (χ0v) is 9.69. The van der Waals surface area contributed by atoms with Crippen molar-refractivity contribution in [3.63, 3.8) is 0 Å². The van der Waals surface area contributed by atoms with E-state index in [0.29, 0.717) is 11.3 Å². The van der Waals surface area contributed by atoms with E-state index in [1.54, 1.807) is 18.2 Å². The minimum atomic E-state index is -0.747. The van der Waals surface area contributed by atoms with Gasteiger partial charge in [-0.25, -0.2) is 0 Å². The van der Waals surface area contributed by atoms with Crippen molar-refractivity contribution >= 4 is 24.9 Å². The number of hydrogen-bond acceptors (Lipinski definition) is 5. The van der Waals surface area contributed by atoms with Gasteiger partial charge in [-0.1, -0.05) is 0 Å². The first-order valence-electron chi connectivity index (χ1n) is 4.60. The van der Waals surface area contributed by atoms with E-state index < -0.39 is 13.9 Å². The molecular formula is C11H7O5P. The van der Waals surface area contributed by atoms with Gasteiger partial charge in [0.15, 0.2) is 0 Å². The third-order valence-electron chi connectivity index (χ3n) is 2.10. The van der Waals surface area contributed by atoms with Crippen molar-refractivity contribution in [2.45, 2.75) is 0 Å². The second-order valence-electron chi connectivity index (χ2n) is 3.09. The Balaban J connectivity index is 2.39. The Morgan fingerprint density at radius 1 is 1.41 bits per heavy atom. The molecule has 0 fully saturated rings. The molecule has 0 atom stereocenters. The van der Waals surface area contributed by atoms with E-state index in [2.05, 4.69) is 4.74 Å². The van der Waals surface area contributed by atoms with Gasteiger partial charge in [-0.2, -0.15) is 0 Å². The molecule has 0 spiro atoms. The van der Waals surface area contributed by atoms with Crippen LogP contribution >= 0.6 is 7.92 Å². The predicted molar refractivity (Wildman–Crippen MR) is 59.7 cm³/mol. The van der Waals surface area contributed by atoms with Gasteiger partial charge in [-0.3, -0.25) is 0 Å². The molecule has 0 N–H and O–H groups in total. The summed E-state index contributed by atoms with van der Waals surface area (Å²) in [6.07, 6.45) is 0. The van der Waals surface area contributed by atoms with Crippen molar-refractivity contribution in [3.8, 4) is 11.6 Å². The van der Waals surface area contributed by atoms with Crippen LogP contribution < -0.4 is 4.74 Å². The molecule has 0 aliphatic heterocycles. The predicted octanol–water partition coefficient (Wildman–Crippen LogP) is 2.81. The maximum atomic E-state index is 11.4. The Kier molecular flexibility index (Phi) is 3.33. The molecule has 0 saturated heterocycles. The van der Waals surface area contributed by atoms with Crippen LogP contribution in [-0.4, -0.2) is 13.1 Å². The van der Waals surface area contributed by atoms with E-state index in [1.165, 1.54) is 13.2 Å². The van der Waals surface area contributed by atoms with Crippen LogP contribution in [0.4, 0.5) is 0 Å². The van der Waals surface area contributed by atoms with Gasteiger partial charge < -0.3 is 0 Å². The topological polar surface area (TPSA) is 65.7 Å². The monoisotopic (exact) mass is 250 g/mol. The van der Waals surface area contributed by atoms with Gasteiger partial charge in [-0.15, -0.1) is 0 Å². The molecular weight excluding hydrogens is 243 g/mol. The second-order valence-corrected chi connectivity index (χ2v) is 3.45. The fourth-order valence-electron chi connectivity index (χ4n) is 1.35. The van der Waals surface area contributed by atoms with E-state index in [0.717, 1.165) is 5.39 Å². The van der Waals surface area contributed by atoms with E-state index in [1.807, 2.05) is 5.81 Å². The van der Waals surface area contributed by atoms with Gasteiger partial charge in [0.25, 0.3) is 0 Å². The van der Waals surface area contributed by atoms with Gasteiger partial charge in [0, 0.05) is 0 Å². The second kappa shape index (κ2) is 4.91. The van der Waals surface area contributed by atoms with Crippen LogP contribution in [0.2, 0.25) is 0 Å². The van der Waals surface area contributed by atoms with Crippen LogP contribution in [0, 0.1) is 5.81 Å². The summed E-state index contributed by atoms with van der Waals surface area (Å²) in [4.78, 5) is 11.4. The van der Waals surface area contributed by atoms with Gasteiger partial charge >= 0.3 is 96.8 Å². The maximum absolute atomic E-state index is 11.4. The van der Waals surface area contributed by atoms with Crippen LogP contribution in [0.5, 0.6) is 5.75 Å². The molecule has 0 unspecified atom stereocenters. The van der Waals surface area contributed by atoms with Crippen molar-refractivity contribution in [2.75, 3.05) is 7.11 Å². The van der Waals surface area contributed by atoms with Crippen LogP contribution in [0.15, 0.2) is 28.7 Å². The number of ether oxygens (including phenoxy) is 2. The van der Waals surface area contributed by atoms with Crippen LogP contribution in [-0.2, 0) is 9.30 Å². The van der Waals surface area contributed by atoms with E-state index in [4.69, 9.17) is 9.15 Å². The zero-order chi connectivity index (χ0) is 12.3. The fraction of sp³-hybridized carbons (Fsp3) is 0.0909. The SMILES string of the molecule is COc1ccc2cc(C(=O)OC#P=O)oc2c1. The van der Waals surface area contributed by atoms with Crippen LogP contribution in [0.3, 0.4) is 0 Å². The molecule has 0 aliphatic rings. The van der Waals surface area contributed by atoms with E-state index in [9.17, 15) is 9.36 Å². The normalized spacial score (nSPS) is 9.71. The molecule has 0 bridgehead atoms. The minimum absolute atomic E-state index is 0.0180. The summed E-state index contributed by atoms with van der Waals surface area (Å²) >= 11 is 0. The number of rotatable bonds is 2. The molecule has 2 rings (SSSR count). The Morgan fingerprint density at radius 3 is 2.94 bits per heavy atom. The van der Waals surface area contributed by atoms with E-state index >= 15 is 0 Å². The number of carbonyl (C=O) groups is 1. The van der Waals surface area contributed by atoms with Gasteiger partial charge in [0.05, 0.1) is 0 Å². The van der Waals surface area contributed by atoms with Crippen molar-refractivity contribution in [3.05, 3.63) is 30.0 Å². The third kappa shape index (κ3) is 2.41. The number of esters is 1. The molecule has 1 heterocycles. The Hall–Kier alpha value is -1.96. The van der Waals surface area contributed by atoms with Crippen LogP contribution in [0.25, 0.3) is 11.0 Å². The van der Waals surface area contributed by atoms with Gasteiger partial charge in [0.2, 0.25) is 0 Å². The molecule has 0 radical (unpaired) electrons. The third-order valence-corrected chi connectivity index (χ3v) is 2.27. The van der Waals surface area contributed by atoms with Gasteiger partial charge in [0.1, 0.15) is 0 Å². The van der Waals surface area contributed by atoms with Crippen molar-refractivity contribution in [1.29, 1.82) is 0 Å². The molecule has 6 heteroatoms. The summed E-state index contributed by atoms with van der Waals surface area (Å²) in [6.45, 7) is 0. The molecule has 0 aliphatic carbocycles. The van der Waals surface area contributed by atoms with Gasteiger partial charge in [-0.05, 0) is 0 Å². The van der Waals surface area contributed by atoms with Crippen LogP contribution in [0.1, 0.15) is 10.6 Å². The molecule has 17 heavy (non-hydrogen) atoms. The first-order chi connectivity index (χ1) is 8.24. The molecule has 1 aromatic carbocycles. The molecule has 86 valence electrons. The molecule has 0 amide bonds. The number of fused-ring (bicyclic) bond motifs is 1. The summed E-state index contributed by atoms with van der Waals surface area (Å²) in [7, 11) is 1.04. The summed E-state index contributed by atoms with van der Waals surface area (Å²) < 4.78 is 24.8. The quantitative estimate of drug-likeness (QED) is 0.605. The molecule has 1 aromatic heterocycles. The standard InChI is InChI=1S/C11H7O5P/c1-14-8-3-2-7-4-10(16-9(7)5-8)11(12)15-6-17-13/h2-5H,1H3. The fourth-order valence-corrected chi connectivity index (χ4v) is 1.47. The summed E-state index contributed by atoms with van der Waals surface area (Å²) in [5, 5.41) is 0.748. The molecule has 2 aromatic rings.